The van der Waals surface area contributed by atoms with Crippen molar-refractivity contribution < 1.29 is 23.1 Å². The monoisotopic (exact) mass is 293 g/mol. The van der Waals surface area contributed by atoms with E-state index in [-0.39, 0.29) is 13.1 Å². The topological polar surface area (TPSA) is 125 Å². The number of carboxylic acid groups (broad SMARTS) is 1. The van der Waals surface area contributed by atoms with Gasteiger partial charge in [-0.25, -0.2) is 22.7 Å². The van der Waals surface area contributed by atoms with Crippen LogP contribution in [0.3, 0.4) is 0 Å². The van der Waals surface area contributed by atoms with E-state index in [9.17, 15) is 18.0 Å². The van der Waals surface area contributed by atoms with Crippen molar-refractivity contribution >= 4 is 22.0 Å². The first-order valence-electron chi connectivity index (χ1n) is 5.99. The fourth-order valence-electron chi connectivity index (χ4n) is 2.04. The molecule has 1 aliphatic carbocycles. The largest absolute Gasteiger partial charge is 0.480 e. The molecule has 0 unspecified atom stereocenters. The Kier molecular flexibility index (Phi) is 5.12. The predicted octanol–water partition coefficient (Wildman–Crippen LogP) is -0.768. The van der Waals surface area contributed by atoms with Crippen molar-refractivity contribution in [1.82, 2.24) is 15.4 Å². The molecule has 1 fully saturated rings. The highest BCUT2D eigenvalue weighted by molar-refractivity contribution is 7.88. The van der Waals surface area contributed by atoms with Gasteiger partial charge in [0.05, 0.1) is 6.26 Å². The molecule has 110 valence electrons. The van der Waals surface area contributed by atoms with Crippen LogP contribution in [0.15, 0.2) is 0 Å². The van der Waals surface area contributed by atoms with Crippen LogP contribution in [-0.2, 0) is 14.8 Å². The van der Waals surface area contributed by atoms with E-state index in [1.54, 1.807) is 0 Å². The van der Waals surface area contributed by atoms with Crippen LogP contribution in [0.1, 0.15) is 25.7 Å². The van der Waals surface area contributed by atoms with Gasteiger partial charge in [0.15, 0.2) is 0 Å². The van der Waals surface area contributed by atoms with Crippen molar-refractivity contribution in [1.29, 1.82) is 0 Å². The lowest BCUT2D eigenvalue weighted by Gasteiger charge is -2.25. The number of sulfonamides is 1. The molecule has 4 N–H and O–H groups in total. The second-order valence-electron chi connectivity index (χ2n) is 4.64. The zero-order chi connectivity index (χ0) is 14.5. The summed E-state index contributed by atoms with van der Waals surface area (Å²) in [6, 6.07) is -0.598. The minimum atomic E-state index is -3.29. The van der Waals surface area contributed by atoms with E-state index in [0.717, 1.165) is 19.1 Å². The molecule has 0 spiro atoms. The molecule has 0 aromatic carbocycles. The number of hydrogen-bond donors (Lipinski definition) is 4. The molecule has 1 saturated carbocycles. The first-order valence-corrected chi connectivity index (χ1v) is 7.88. The highest BCUT2D eigenvalue weighted by atomic mass is 32.2. The van der Waals surface area contributed by atoms with Crippen LogP contribution in [0.5, 0.6) is 0 Å². The van der Waals surface area contributed by atoms with Gasteiger partial charge in [-0.05, 0) is 12.8 Å². The van der Waals surface area contributed by atoms with Gasteiger partial charge in [0, 0.05) is 13.1 Å². The average molecular weight is 293 g/mol. The van der Waals surface area contributed by atoms with Crippen LogP contribution in [0.2, 0.25) is 0 Å². The molecule has 1 aliphatic rings. The number of aliphatic carboxylic acids is 1. The molecular formula is C10H19N3O5S. The van der Waals surface area contributed by atoms with Crippen molar-refractivity contribution in [3.63, 3.8) is 0 Å². The van der Waals surface area contributed by atoms with Gasteiger partial charge < -0.3 is 15.7 Å². The maximum atomic E-state index is 11.6. The Morgan fingerprint density at radius 2 is 1.79 bits per heavy atom. The van der Waals surface area contributed by atoms with E-state index in [0.29, 0.717) is 12.8 Å². The predicted molar refractivity (Wildman–Crippen MR) is 68.2 cm³/mol. The first kappa shape index (κ1) is 15.7. The third-order valence-electron chi connectivity index (χ3n) is 2.99. The van der Waals surface area contributed by atoms with E-state index < -0.39 is 27.6 Å². The number of amides is 2. The molecule has 8 nitrogen and oxygen atoms in total. The second kappa shape index (κ2) is 6.20. The fourth-order valence-corrected chi connectivity index (χ4v) is 2.52. The van der Waals surface area contributed by atoms with Gasteiger partial charge in [0.1, 0.15) is 5.54 Å². The lowest BCUT2D eigenvalue weighted by atomic mass is 9.98. The van der Waals surface area contributed by atoms with Gasteiger partial charge in [-0.15, -0.1) is 0 Å². The zero-order valence-electron chi connectivity index (χ0n) is 10.7. The van der Waals surface area contributed by atoms with Crippen LogP contribution in [0.4, 0.5) is 4.79 Å². The highest BCUT2D eigenvalue weighted by Crippen LogP contribution is 2.29. The third kappa shape index (κ3) is 5.03. The number of carbonyl (C=O) groups is 2. The number of carboxylic acids is 1. The molecule has 0 aromatic rings. The quantitative estimate of drug-likeness (QED) is 0.479. The van der Waals surface area contributed by atoms with Crippen LogP contribution < -0.4 is 15.4 Å². The summed E-state index contributed by atoms with van der Waals surface area (Å²) in [6.45, 7) is 0.154. The van der Waals surface area contributed by atoms with Gasteiger partial charge in [0.25, 0.3) is 0 Å². The lowest BCUT2D eigenvalue weighted by molar-refractivity contribution is -0.144. The van der Waals surface area contributed by atoms with Gasteiger partial charge in [-0.1, -0.05) is 12.8 Å². The molecular weight excluding hydrogens is 274 g/mol. The third-order valence-corrected chi connectivity index (χ3v) is 3.72. The number of hydrogen-bond acceptors (Lipinski definition) is 4. The highest BCUT2D eigenvalue weighted by Gasteiger charge is 2.42. The maximum Gasteiger partial charge on any atom is 0.329 e. The summed E-state index contributed by atoms with van der Waals surface area (Å²) in [5.74, 6) is -1.03. The van der Waals surface area contributed by atoms with Gasteiger partial charge in [0.2, 0.25) is 10.0 Å². The number of rotatable bonds is 6. The summed E-state index contributed by atoms with van der Waals surface area (Å²) in [6.07, 6.45) is 3.38. The summed E-state index contributed by atoms with van der Waals surface area (Å²) in [5, 5.41) is 14.0. The van der Waals surface area contributed by atoms with E-state index in [2.05, 4.69) is 15.4 Å². The van der Waals surface area contributed by atoms with Crippen molar-refractivity contribution in [3.8, 4) is 0 Å². The fraction of sp³-hybridized carbons (Fsp3) is 0.800. The number of urea groups is 1. The molecule has 1 rings (SSSR count). The zero-order valence-corrected chi connectivity index (χ0v) is 11.5. The average Bonchev–Trinajstić information content (AvgIpc) is 2.73. The summed E-state index contributed by atoms with van der Waals surface area (Å²) in [5.41, 5.74) is -1.19. The van der Waals surface area contributed by atoms with Gasteiger partial charge in [-0.3, -0.25) is 0 Å². The van der Waals surface area contributed by atoms with E-state index >= 15 is 0 Å². The van der Waals surface area contributed by atoms with Crippen molar-refractivity contribution in [2.24, 2.45) is 0 Å². The molecule has 19 heavy (non-hydrogen) atoms. The molecule has 0 aromatic heterocycles. The minimum Gasteiger partial charge on any atom is -0.480 e. The molecule has 0 bridgehead atoms. The minimum absolute atomic E-state index is 0.0618. The van der Waals surface area contributed by atoms with E-state index in [4.69, 9.17) is 5.11 Å². The Hall–Kier alpha value is -1.35. The van der Waals surface area contributed by atoms with Crippen molar-refractivity contribution in [3.05, 3.63) is 0 Å². The Morgan fingerprint density at radius 1 is 1.21 bits per heavy atom. The van der Waals surface area contributed by atoms with Crippen molar-refractivity contribution in [2.45, 2.75) is 31.2 Å². The molecule has 0 saturated heterocycles. The molecule has 0 radical (unpaired) electrons. The van der Waals surface area contributed by atoms with Crippen LogP contribution in [-0.4, -0.2) is 50.4 Å². The summed E-state index contributed by atoms with van der Waals surface area (Å²) in [4.78, 5) is 22.8. The lowest BCUT2D eigenvalue weighted by Crippen LogP contribution is -2.56. The van der Waals surface area contributed by atoms with E-state index in [1.807, 2.05) is 0 Å². The Morgan fingerprint density at radius 3 is 2.26 bits per heavy atom. The van der Waals surface area contributed by atoms with Crippen LogP contribution in [0, 0.1) is 0 Å². The summed E-state index contributed by atoms with van der Waals surface area (Å²) >= 11 is 0. The van der Waals surface area contributed by atoms with Crippen LogP contribution >= 0.6 is 0 Å². The molecule has 0 aliphatic heterocycles. The summed E-state index contributed by atoms with van der Waals surface area (Å²) in [7, 11) is -3.29. The second-order valence-corrected chi connectivity index (χ2v) is 6.47. The summed E-state index contributed by atoms with van der Waals surface area (Å²) < 4.78 is 23.8. The normalized spacial score (nSPS) is 17.9. The van der Waals surface area contributed by atoms with E-state index in [1.165, 1.54) is 0 Å². The molecule has 0 atom stereocenters. The van der Waals surface area contributed by atoms with Crippen molar-refractivity contribution in [2.75, 3.05) is 19.3 Å². The van der Waals surface area contributed by atoms with Gasteiger partial charge in [-0.2, -0.15) is 0 Å². The Balaban J connectivity index is 2.36. The first-order chi connectivity index (χ1) is 8.75. The Bertz CT molecular complexity index is 442. The standard InChI is InChI=1S/C10H19N3O5S/c1-19(17,18)12-7-6-11-9(16)13-10(8(14)15)4-2-3-5-10/h12H,2-7H2,1H3,(H,14,15)(H2,11,13,16). The molecule has 0 heterocycles. The van der Waals surface area contributed by atoms with Gasteiger partial charge >= 0.3 is 12.0 Å². The number of carbonyl (C=O) groups excluding carboxylic acids is 1. The Labute approximate surface area is 112 Å². The maximum absolute atomic E-state index is 11.6. The van der Waals surface area contributed by atoms with Crippen LogP contribution in [0.25, 0.3) is 0 Å². The number of nitrogens with one attached hydrogen (secondary N) is 3. The smallest absolute Gasteiger partial charge is 0.329 e. The SMILES string of the molecule is CS(=O)(=O)NCCNC(=O)NC1(C(=O)O)CCCC1. The molecule has 2 amide bonds. The molecule has 9 heteroatoms.